The zero-order chi connectivity index (χ0) is 12.5. The number of aldehydes is 1. The van der Waals surface area contributed by atoms with Crippen molar-refractivity contribution in [2.24, 2.45) is 5.92 Å². The first-order valence-corrected chi connectivity index (χ1v) is 6.24. The van der Waals surface area contributed by atoms with Crippen LogP contribution in [0.25, 0.3) is 0 Å². The normalized spacial score (nSPS) is 15.7. The van der Waals surface area contributed by atoms with E-state index < -0.39 is 0 Å². The zero-order valence-electron chi connectivity index (χ0n) is 10.8. The fourth-order valence-corrected chi connectivity index (χ4v) is 1.89. The second-order valence-corrected chi connectivity index (χ2v) is 5.85. The first-order valence-electron chi connectivity index (χ1n) is 6.24. The number of hydrogen-bond acceptors (Lipinski definition) is 2. The van der Waals surface area contributed by atoms with E-state index in [1.54, 1.807) is 0 Å². The molecular formula is C15H20O2. The molecular weight excluding hydrogens is 212 g/mol. The lowest BCUT2D eigenvalue weighted by Crippen LogP contribution is -2.15. The van der Waals surface area contributed by atoms with Crippen molar-refractivity contribution < 1.29 is 9.53 Å². The first-order chi connectivity index (χ1) is 8.02. The third kappa shape index (κ3) is 2.87. The molecule has 0 unspecified atom stereocenters. The van der Waals surface area contributed by atoms with Crippen molar-refractivity contribution in [1.29, 1.82) is 0 Å². The van der Waals surface area contributed by atoms with Crippen molar-refractivity contribution in [3.05, 3.63) is 29.3 Å². The highest BCUT2D eigenvalue weighted by atomic mass is 16.5. The molecule has 0 aromatic heterocycles. The van der Waals surface area contributed by atoms with E-state index in [9.17, 15) is 4.79 Å². The summed E-state index contributed by atoms with van der Waals surface area (Å²) in [7, 11) is 0. The molecule has 0 N–H and O–H groups in total. The van der Waals surface area contributed by atoms with Crippen molar-refractivity contribution in [1.82, 2.24) is 0 Å². The molecule has 0 amide bonds. The van der Waals surface area contributed by atoms with Crippen molar-refractivity contribution in [3.8, 4) is 5.75 Å². The minimum Gasteiger partial charge on any atom is -0.492 e. The van der Waals surface area contributed by atoms with Gasteiger partial charge in [0.25, 0.3) is 0 Å². The fraction of sp³-hybridized carbons (Fsp3) is 0.533. The van der Waals surface area contributed by atoms with E-state index in [-0.39, 0.29) is 5.41 Å². The lowest BCUT2D eigenvalue weighted by Gasteiger charge is -2.23. The summed E-state index contributed by atoms with van der Waals surface area (Å²) in [5.41, 5.74) is 1.78. The van der Waals surface area contributed by atoms with Gasteiger partial charge in [0.05, 0.1) is 12.2 Å². The predicted molar refractivity (Wildman–Crippen MR) is 68.7 cm³/mol. The van der Waals surface area contributed by atoms with Gasteiger partial charge in [-0.2, -0.15) is 0 Å². The smallest absolute Gasteiger partial charge is 0.153 e. The van der Waals surface area contributed by atoms with Crippen LogP contribution in [0.5, 0.6) is 5.75 Å². The van der Waals surface area contributed by atoms with Gasteiger partial charge in [0.15, 0.2) is 6.29 Å². The highest BCUT2D eigenvalue weighted by Crippen LogP contribution is 2.36. The van der Waals surface area contributed by atoms with E-state index in [0.717, 1.165) is 24.2 Å². The van der Waals surface area contributed by atoms with Gasteiger partial charge < -0.3 is 4.74 Å². The van der Waals surface area contributed by atoms with E-state index >= 15 is 0 Å². The molecule has 1 aliphatic rings. The third-order valence-electron chi connectivity index (χ3n) is 3.14. The molecule has 0 bridgehead atoms. The van der Waals surface area contributed by atoms with Gasteiger partial charge in [-0.1, -0.05) is 32.9 Å². The molecule has 92 valence electrons. The van der Waals surface area contributed by atoms with Crippen molar-refractivity contribution in [2.45, 2.75) is 39.0 Å². The maximum absolute atomic E-state index is 11.1. The number of hydrogen-bond donors (Lipinski definition) is 0. The Balaban J connectivity index is 2.31. The Hall–Kier alpha value is -1.31. The average Bonchev–Trinajstić information content (AvgIpc) is 3.08. The van der Waals surface area contributed by atoms with Gasteiger partial charge in [0.1, 0.15) is 5.75 Å². The summed E-state index contributed by atoms with van der Waals surface area (Å²) in [6.45, 7) is 7.16. The van der Waals surface area contributed by atoms with Gasteiger partial charge in [-0.3, -0.25) is 4.79 Å². The quantitative estimate of drug-likeness (QED) is 0.742. The molecule has 0 heterocycles. The largest absolute Gasteiger partial charge is 0.492 e. The van der Waals surface area contributed by atoms with Gasteiger partial charge in [0, 0.05) is 5.56 Å². The number of benzene rings is 1. The van der Waals surface area contributed by atoms with E-state index in [1.807, 2.05) is 12.1 Å². The monoisotopic (exact) mass is 232 g/mol. The van der Waals surface area contributed by atoms with Crippen LogP contribution in [0.3, 0.4) is 0 Å². The molecule has 1 saturated carbocycles. The molecule has 17 heavy (non-hydrogen) atoms. The standard InChI is InChI=1S/C15H20O2/c1-15(2,3)13-6-4-5-12(9-16)14(13)17-10-11-7-8-11/h4-6,9,11H,7-8,10H2,1-3H3. The second kappa shape index (κ2) is 4.52. The van der Waals surface area contributed by atoms with Crippen LogP contribution in [0, 0.1) is 5.92 Å². The summed E-state index contributed by atoms with van der Waals surface area (Å²) in [6, 6.07) is 5.80. The number of rotatable bonds is 4. The average molecular weight is 232 g/mol. The van der Waals surface area contributed by atoms with Crippen LogP contribution >= 0.6 is 0 Å². The van der Waals surface area contributed by atoms with Crippen LogP contribution in [-0.4, -0.2) is 12.9 Å². The Kier molecular flexibility index (Phi) is 3.23. The number of carbonyl (C=O) groups excluding carboxylic acids is 1. The minimum absolute atomic E-state index is 0.00208. The molecule has 0 spiro atoms. The maximum Gasteiger partial charge on any atom is 0.153 e. The van der Waals surface area contributed by atoms with Crippen LogP contribution < -0.4 is 4.74 Å². The minimum atomic E-state index is -0.00208. The highest BCUT2D eigenvalue weighted by Gasteiger charge is 2.25. The van der Waals surface area contributed by atoms with E-state index in [0.29, 0.717) is 11.5 Å². The number of para-hydroxylation sites is 1. The molecule has 0 aliphatic heterocycles. The predicted octanol–water partition coefficient (Wildman–Crippen LogP) is 3.59. The van der Waals surface area contributed by atoms with Crippen LogP contribution in [0.4, 0.5) is 0 Å². The molecule has 2 heteroatoms. The van der Waals surface area contributed by atoms with Crippen LogP contribution in [0.2, 0.25) is 0 Å². The van der Waals surface area contributed by atoms with Crippen LogP contribution in [0.1, 0.15) is 49.5 Å². The lowest BCUT2D eigenvalue weighted by molar-refractivity contribution is 0.111. The molecule has 0 atom stereocenters. The van der Waals surface area contributed by atoms with Crippen molar-refractivity contribution >= 4 is 6.29 Å². The second-order valence-electron chi connectivity index (χ2n) is 5.85. The summed E-state index contributed by atoms with van der Waals surface area (Å²) in [5.74, 6) is 1.48. The van der Waals surface area contributed by atoms with E-state index in [1.165, 1.54) is 12.8 Å². The number of ether oxygens (including phenoxy) is 1. The summed E-state index contributed by atoms with van der Waals surface area (Å²) in [6.07, 6.45) is 3.40. The van der Waals surface area contributed by atoms with Crippen molar-refractivity contribution in [3.63, 3.8) is 0 Å². The molecule has 2 rings (SSSR count). The zero-order valence-corrected chi connectivity index (χ0v) is 10.8. The Bertz CT molecular complexity index is 411. The first kappa shape index (κ1) is 12.2. The van der Waals surface area contributed by atoms with Crippen LogP contribution in [0.15, 0.2) is 18.2 Å². The third-order valence-corrected chi connectivity index (χ3v) is 3.14. The van der Waals surface area contributed by atoms with Gasteiger partial charge in [-0.15, -0.1) is 0 Å². The molecule has 2 nitrogen and oxygen atoms in total. The van der Waals surface area contributed by atoms with Gasteiger partial charge >= 0.3 is 0 Å². The van der Waals surface area contributed by atoms with Crippen LogP contribution in [-0.2, 0) is 5.41 Å². The molecule has 1 aromatic carbocycles. The molecule has 0 radical (unpaired) electrons. The Morgan fingerprint density at radius 3 is 2.59 bits per heavy atom. The van der Waals surface area contributed by atoms with Gasteiger partial charge in [-0.05, 0) is 30.2 Å². The lowest BCUT2D eigenvalue weighted by atomic mass is 9.85. The van der Waals surface area contributed by atoms with Crippen molar-refractivity contribution in [2.75, 3.05) is 6.61 Å². The van der Waals surface area contributed by atoms with Gasteiger partial charge in [0.2, 0.25) is 0 Å². The topological polar surface area (TPSA) is 26.3 Å². The van der Waals surface area contributed by atoms with E-state index in [2.05, 4.69) is 26.8 Å². The molecule has 1 aromatic rings. The summed E-state index contributed by atoms with van der Waals surface area (Å²) < 4.78 is 5.88. The maximum atomic E-state index is 11.1. The Morgan fingerprint density at radius 1 is 1.35 bits per heavy atom. The summed E-state index contributed by atoms with van der Waals surface area (Å²) >= 11 is 0. The summed E-state index contributed by atoms with van der Waals surface area (Å²) in [5, 5.41) is 0. The SMILES string of the molecule is CC(C)(C)c1cccc(C=O)c1OCC1CC1. The van der Waals surface area contributed by atoms with E-state index in [4.69, 9.17) is 4.74 Å². The molecule has 1 aliphatic carbocycles. The fourth-order valence-electron chi connectivity index (χ4n) is 1.89. The van der Waals surface area contributed by atoms with Gasteiger partial charge in [-0.25, -0.2) is 0 Å². The highest BCUT2D eigenvalue weighted by molar-refractivity contribution is 5.80. The summed E-state index contributed by atoms with van der Waals surface area (Å²) in [4.78, 5) is 11.1. The Labute approximate surface area is 103 Å². The molecule has 1 fully saturated rings. The number of carbonyl (C=O) groups is 1. The Morgan fingerprint density at radius 2 is 2.06 bits per heavy atom. The molecule has 0 saturated heterocycles.